The van der Waals surface area contributed by atoms with Gasteiger partial charge < -0.3 is 15.3 Å². The van der Waals surface area contributed by atoms with Gasteiger partial charge in [0.1, 0.15) is 5.57 Å². The number of carboxylic acid groups (broad SMARTS) is 1. The Hall–Kier alpha value is -1.62. The van der Waals surface area contributed by atoms with Crippen LogP contribution in [0.2, 0.25) is 0 Å². The van der Waals surface area contributed by atoms with Crippen LogP contribution in [0.15, 0.2) is 11.1 Å². The van der Waals surface area contributed by atoms with Crippen molar-refractivity contribution in [1.29, 1.82) is 0 Å². The maximum absolute atomic E-state index is 12.5. The quantitative estimate of drug-likeness (QED) is 0.179. The largest absolute Gasteiger partial charge is 0.478 e. The molecule has 0 aromatic rings. The maximum atomic E-state index is 12.5. The summed E-state index contributed by atoms with van der Waals surface area (Å²) in [4.78, 5) is 36.1. The van der Waals surface area contributed by atoms with Crippen molar-refractivity contribution in [3.8, 4) is 0 Å². The van der Waals surface area contributed by atoms with Gasteiger partial charge in [0.15, 0.2) is 22.1 Å². The molecule has 0 spiro atoms. The van der Waals surface area contributed by atoms with Gasteiger partial charge in [0.25, 0.3) is 10.1 Å². The third-order valence-corrected chi connectivity index (χ3v) is 6.67. The number of ketones is 2. The van der Waals surface area contributed by atoms with E-state index in [9.17, 15) is 42.7 Å². The lowest BCUT2D eigenvalue weighted by Crippen LogP contribution is -2.62. The second kappa shape index (κ2) is 8.59. The standard InChI is InChI=1S/C17H26O9S/c1-3-5-6-7-10-17(22,23)16(4-2,27(24,25)26)14-12(19)9-8-11(18)13(14)15(20)21/h22-23H,3-10H2,1-2H3,(H,20,21)(H,24,25,26). The van der Waals surface area contributed by atoms with Crippen molar-refractivity contribution >= 4 is 27.7 Å². The normalized spacial score (nSPS) is 18.6. The van der Waals surface area contributed by atoms with Crippen LogP contribution in [0.25, 0.3) is 0 Å². The Balaban J connectivity index is 3.74. The number of aliphatic carboxylic acids is 1. The van der Waals surface area contributed by atoms with Crippen molar-refractivity contribution in [2.45, 2.75) is 75.7 Å². The van der Waals surface area contributed by atoms with Crippen LogP contribution in [0, 0.1) is 0 Å². The summed E-state index contributed by atoms with van der Waals surface area (Å²) in [5, 5.41) is 30.6. The highest BCUT2D eigenvalue weighted by Gasteiger charge is 2.63. The van der Waals surface area contributed by atoms with Crippen LogP contribution < -0.4 is 0 Å². The van der Waals surface area contributed by atoms with E-state index in [2.05, 4.69) is 0 Å². The minimum absolute atomic E-state index is 0.163. The maximum Gasteiger partial charge on any atom is 0.339 e. The first kappa shape index (κ1) is 23.4. The SMILES string of the molecule is CCCCCCC(O)(O)C(CC)(C1=C(C(=O)O)C(=O)CCC1=O)S(=O)(=O)O. The van der Waals surface area contributed by atoms with Gasteiger partial charge in [0.05, 0.1) is 0 Å². The molecule has 1 aliphatic carbocycles. The molecule has 9 nitrogen and oxygen atoms in total. The van der Waals surface area contributed by atoms with Gasteiger partial charge in [-0.2, -0.15) is 8.42 Å². The van der Waals surface area contributed by atoms with Gasteiger partial charge in [-0.25, -0.2) is 4.79 Å². The molecule has 1 atom stereocenters. The lowest BCUT2D eigenvalue weighted by Gasteiger charge is -2.43. The van der Waals surface area contributed by atoms with Crippen LogP contribution in [0.4, 0.5) is 0 Å². The Morgan fingerprint density at radius 1 is 1.04 bits per heavy atom. The topological polar surface area (TPSA) is 166 Å². The molecule has 0 amide bonds. The van der Waals surface area contributed by atoms with Crippen molar-refractivity contribution in [1.82, 2.24) is 0 Å². The van der Waals surface area contributed by atoms with Crippen molar-refractivity contribution in [2.24, 2.45) is 0 Å². The fourth-order valence-electron chi connectivity index (χ4n) is 3.59. The third-order valence-electron chi connectivity index (χ3n) is 4.97. The fourth-order valence-corrected chi connectivity index (χ4v) is 4.94. The molecule has 0 radical (unpaired) electrons. The van der Waals surface area contributed by atoms with Crippen LogP contribution in [-0.2, 0) is 24.5 Å². The Kier molecular flexibility index (Phi) is 7.45. The van der Waals surface area contributed by atoms with Gasteiger partial charge in [0, 0.05) is 24.8 Å². The Morgan fingerprint density at radius 3 is 2.04 bits per heavy atom. The highest BCUT2D eigenvalue weighted by atomic mass is 32.2. The number of unbranched alkanes of at least 4 members (excludes halogenated alkanes) is 3. The number of carbonyl (C=O) groups excluding carboxylic acids is 2. The smallest absolute Gasteiger partial charge is 0.339 e. The molecule has 4 N–H and O–H groups in total. The molecule has 0 bridgehead atoms. The van der Waals surface area contributed by atoms with E-state index in [4.69, 9.17) is 0 Å². The van der Waals surface area contributed by atoms with Crippen LogP contribution in [0.3, 0.4) is 0 Å². The van der Waals surface area contributed by atoms with E-state index in [-0.39, 0.29) is 6.42 Å². The molecule has 0 aromatic heterocycles. The lowest BCUT2D eigenvalue weighted by molar-refractivity contribution is -0.189. The summed E-state index contributed by atoms with van der Waals surface area (Å²) >= 11 is 0. The van der Waals surface area contributed by atoms with E-state index in [0.717, 1.165) is 12.8 Å². The van der Waals surface area contributed by atoms with E-state index < -0.39 is 75.0 Å². The summed E-state index contributed by atoms with van der Waals surface area (Å²) in [7, 11) is -5.39. The molecule has 27 heavy (non-hydrogen) atoms. The monoisotopic (exact) mass is 406 g/mol. The van der Waals surface area contributed by atoms with Crippen molar-refractivity contribution in [2.75, 3.05) is 0 Å². The molecule has 0 saturated carbocycles. The first-order valence-electron chi connectivity index (χ1n) is 8.83. The molecule has 0 aromatic carbocycles. The number of hydrogen-bond donors (Lipinski definition) is 4. The van der Waals surface area contributed by atoms with Crippen LogP contribution in [-0.4, -0.2) is 56.4 Å². The van der Waals surface area contributed by atoms with Crippen molar-refractivity contribution < 1.29 is 42.7 Å². The van der Waals surface area contributed by atoms with Gasteiger partial charge in [-0.15, -0.1) is 0 Å². The summed E-state index contributed by atoms with van der Waals surface area (Å²) in [6.45, 7) is 3.08. The van der Waals surface area contributed by atoms with Crippen LogP contribution in [0.5, 0.6) is 0 Å². The number of Topliss-reactive ketones (excluding diaryl/α,β-unsaturated/α-hetero) is 2. The minimum Gasteiger partial charge on any atom is -0.478 e. The number of carbonyl (C=O) groups is 3. The van der Waals surface area contributed by atoms with E-state index in [1.54, 1.807) is 0 Å². The molecule has 0 fully saturated rings. The van der Waals surface area contributed by atoms with Crippen molar-refractivity contribution in [3.63, 3.8) is 0 Å². The molecule has 154 valence electrons. The summed E-state index contributed by atoms with van der Waals surface area (Å²) in [5.41, 5.74) is -2.18. The minimum atomic E-state index is -5.39. The predicted molar refractivity (Wildman–Crippen MR) is 94.4 cm³/mol. The summed E-state index contributed by atoms with van der Waals surface area (Å²) in [5.74, 6) is -7.02. The highest BCUT2D eigenvalue weighted by molar-refractivity contribution is 7.87. The molecule has 0 heterocycles. The highest BCUT2D eigenvalue weighted by Crippen LogP contribution is 2.45. The fraction of sp³-hybridized carbons (Fsp3) is 0.706. The second-order valence-corrected chi connectivity index (χ2v) is 8.33. The summed E-state index contributed by atoms with van der Waals surface area (Å²) in [6, 6.07) is 0. The van der Waals surface area contributed by atoms with E-state index in [1.165, 1.54) is 6.92 Å². The first-order chi connectivity index (χ1) is 12.4. The van der Waals surface area contributed by atoms with Gasteiger partial charge in [-0.1, -0.05) is 33.1 Å². The third kappa shape index (κ3) is 4.29. The van der Waals surface area contributed by atoms with Crippen LogP contribution >= 0.6 is 0 Å². The lowest BCUT2D eigenvalue weighted by atomic mass is 9.75. The van der Waals surface area contributed by atoms with Gasteiger partial charge >= 0.3 is 5.97 Å². The van der Waals surface area contributed by atoms with Gasteiger partial charge in [-0.3, -0.25) is 14.1 Å². The molecule has 1 unspecified atom stereocenters. The number of carboxylic acids is 1. The molecule has 1 rings (SSSR count). The molecular formula is C17H26O9S. The summed E-state index contributed by atoms with van der Waals surface area (Å²) < 4.78 is 31.4. The predicted octanol–water partition coefficient (Wildman–Crippen LogP) is 0.988. The Bertz CT molecular complexity index is 748. The van der Waals surface area contributed by atoms with E-state index >= 15 is 0 Å². The van der Waals surface area contributed by atoms with E-state index in [0.29, 0.717) is 6.42 Å². The Labute approximate surface area is 157 Å². The molecule has 0 saturated heterocycles. The zero-order valence-corrected chi connectivity index (χ0v) is 16.2. The molecule has 1 aliphatic rings. The molecule has 0 aliphatic heterocycles. The zero-order chi connectivity index (χ0) is 21.0. The van der Waals surface area contributed by atoms with Crippen LogP contribution in [0.1, 0.15) is 65.2 Å². The second-order valence-electron chi connectivity index (χ2n) is 6.68. The average Bonchev–Trinajstić information content (AvgIpc) is 2.54. The van der Waals surface area contributed by atoms with Gasteiger partial charge in [-0.05, 0) is 12.8 Å². The number of aliphatic hydroxyl groups is 2. The molecule has 10 heteroatoms. The molecular weight excluding hydrogens is 380 g/mol. The first-order valence-corrected chi connectivity index (χ1v) is 10.3. The van der Waals surface area contributed by atoms with Gasteiger partial charge in [0.2, 0.25) is 0 Å². The number of rotatable bonds is 10. The number of hydrogen-bond acceptors (Lipinski definition) is 7. The Morgan fingerprint density at radius 2 is 1.59 bits per heavy atom. The average molecular weight is 406 g/mol. The summed E-state index contributed by atoms with van der Waals surface area (Å²) in [6.07, 6.45) is 0.0994. The zero-order valence-electron chi connectivity index (χ0n) is 15.4. The van der Waals surface area contributed by atoms with E-state index in [1.807, 2.05) is 6.92 Å². The van der Waals surface area contributed by atoms with Crippen molar-refractivity contribution in [3.05, 3.63) is 11.1 Å².